The van der Waals surface area contributed by atoms with Crippen LogP contribution in [0.15, 0.2) is 24.3 Å². The first-order valence-corrected chi connectivity index (χ1v) is 8.02. The summed E-state index contributed by atoms with van der Waals surface area (Å²) >= 11 is 5.82. The Morgan fingerprint density at radius 1 is 1.35 bits per heavy atom. The van der Waals surface area contributed by atoms with Crippen LogP contribution >= 0.6 is 24.0 Å². The molecule has 0 saturated carbocycles. The Kier molecular flexibility index (Phi) is 8.69. The van der Waals surface area contributed by atoms with Crippen LogP contribution in [0.2, 0.25) is 5.02 Å². The summed E-state index contributed by atoms with van der Waals surface area (Å²) in [6.07, 6.45) is 1.94. The number of amides is 1. The van der Waals surface area contributed by atoms with Gasteiger partial charge in [-0.15, -0.1) is 12.4 Å². The molecule has 1 aromatic rings. The van der Waals surface area contributed by atoms with Gasteiger partial charge in [-0.3, -0.25) is 9.69 Å². The Labute approximate surface area is 149 Å². The molecule has 0 aliphatic carbocycles. The molecule has 1 saturated heterocycles. The van der Waals surface area contributed by atoms with Crippen LogP contribution in [0.25, 0.3) is 0 Å². The quantitative estimate of drug-likeness (QED) is 0.841. The summed E-state index contributed by atoms with van der Waals surface area (Å²) in [7, 11) is 1.81. The molecule has 0 radical (unpaired) electrons. The van der Waals surface area contributed by atoms with Gasteiger partial charge in [-0.05, 0) is 37.1 Å². The van der Waals surface area contributed by atoms with Gasteiger partial charge in [0.2, 0.25) is 5.91 Å². The van der Waals surface area contributed by atoms with Gasteiger partial charge in [-0.25, -0.2) is 0 Å². The van der Waals surface area contributed by atoms with Gasteiger partial charge < -0.3 is 15.4 Å². The molecule has 1 aliphatic rings. The molecule has 0 unspecified atom stereocenters. The van der Waals surface area contributed by atoms with Crippen LogP contribution in [0, 0.1) is 0 Å². The van der Waals surface area contributed by atoms with Crippen molar-refractivity contribution < 1.29 is 9.53 Å². The van der Waals surface area contributed by atoms with Crippen LogP contribution in [0.4, 0.5) is 0 Å². The fourth-order valence-electron chi connectivity index (χ4n) is 2.38. The highest BCUT2D eigenvalue weighted by molar-refractivity contribution is 6.30. The number of ether oxygens (including phenoxy) is 1. The van der Waals surface area contributed by atoms with Crippen LogP contribution in [0.5, 0.6) is 5.75 Å². The highest BCUT2D eigenvalue weighted by Gasteiger charge is 2.19. The molecule has 0 spiro atoms. The van der Waals surface area contributed by atoms with E-state index in [-0.39, 0.29) is 24.4 Å². The fourth-order valence-corrected chi connectivity index (χ4v) is 2.50. The summed E-state index contributed by atoms with van der Waals surface area (Å²) in [6, 6.07) is 7.50. The minimum absolute atomic E-state index is 0. The number of piperidine rings is 1. The Morgan fingerprint density at radius 2 is 1.96 bits per heavy atom. The van der Waals surface area contributed by atoms with E-state index in [0.29, 0.717) is 24.7 Å². The zero-order valence-corrected chi connectivity index (χ0v) is 15.0. The Hall–Kier alpha value is -1.01. The van der Waals surface area contributed by atoms with Crippen molar-refractivity contribution >= 4 is 29.9 Å². The highest BCUT2D eigenvalue weighted by Crippen LogP contribution is 2.15. The molecule has 1 aromatic carbocycles. The van der Waals surface area contributed by atoms with E-state index < -0.39 is 0 Å². The van der Waals surface area contributed by atoms with Crippen LogP contribution in [-0.4, -0.2) is 61.6 Å². The Bertz CT molecular complexity index is 477. The standard InChI is InChI=1S/C16H24ClN3O2.ClH/c1-19(10-11-22-15-4-2-13(17)3-5-15)16(21)12-20-8-6-14(18)7-9-20;/h2-5,14H,6-12,18H2,1H3;1H. The van der Waals surface area contributed by atoms with Crippen molar-refractivity contribution in [1.29, 1.82) is 0 Å². The number of nitrogens with two attached hydrogens (primary N) is 1. The van der Waals surface area contributed by atoms with Gasteiger partial charge in [0.15, 0.2) is 0 Å². The highest BCUT2D eigenvalue weighted by atomic mass is 35.5. The number of likely N-dealkylation sites (N-methyl/N-ethyl adjacent to an activating group) is 1. The van der Waals surface area contributed by atoms with Gasteiger partial charge >= 0.3 is 0 Å². The molecule has 23 heavy (non-hydrogen) atoms. The topological polar surface area (TPSA) is 58.8 Å². The number of halogens is 2. The fraction of sp³-hybridized carbons (Fsp3) is 0.562. The second-order valence-corrected chi connectivity index (χ2v) is 6.17. The van der Waals surface area contributed by atoms with Crippen molar-refractivity contribution in [3.05, 3.63) is 29.3 Å². The summed E-state index contributed by atoms with van der Waals surface area (Å²) < 4.78 is 5.60. The summed E-state index contributed by atoms with van der Waals surface area (Å²) in [5.74, 6) is 0.880. The number of carbonyl (C=O) groups excluding carboxylic acids is 1. The molecule has 5 nitrogen and oxygen atoms in total. The Balaban J connectivity index is 0.00000264. The largest absolute Gasteiger partial charge is 0.492 e. The lowest BCUT2D eigenvalue weighted by atomic mass is 10.1. The van der Waals surface area contributed by atoms with Crippen molar-refractivity contribution in [2.45, 2.75) is 18.9 Å². The third-order valence-electron chi connectivity index (χ3n) is 3.93. The summed E-state index contributed by atoms with van der Waals surface area (Å²) in [4.78, 5) is 16.0. The van der Waals surface area contributed by atoms with E-state index >= 15 is 0 Å². The molecule has 2 N–H and O–H groups in total. The van der Waals surface area contributed by atoms with Crippen molar-refractivity contribution in [1.82, 2.24) is 9.80 Å². The molecule has 1 aliphatic heterocycles. The molecule has 1 fully saturated rings. The lowest BCUT2D eigenvalue weighted by Gasteiger charge is -2.30. The monoisotopic (exact) mass is 361 g/mol. The average Bonchev–Trinajstić information content (AvgIpc) is 2.51. The Morgan fingerprint density at radius 3 is 2.57 bits per heavy atom. The van der Waals surface area contributed by atoms with Crippen LogP contribution < -0.4 is 10.5 Å². The first-order valence-electron chi connectivity index (χ1n) is 7.65. The van der Waals surface area contributed by atoms with Gasteiger partial charge in [0.1, 0.15) is 12.4 Å². The van der Waals surface area contributed by atoms with Crippen molar-refractivity contribution in [2.24, 2.45) is 5.73 Å². The molecule has 0 atom stereocenters. The third kappa shape index (κ3) is 6.96. The zero-order valence-electron chi connectivity index (χ0n) is 13.4. The minimum atomic E-state index is 0. The van der Waals surface area contributed by atoms with Gasteiger partial charge in [-0.1, -0.05) is 11.6 Å². The molecule has 130 valence electrons. The number of hydrogen-bond acceptors (Lipinski definition) is 4. The maximum atomic E-state index is 12.2. The number of benzene rings is 1. The number of nitrogens with zero attached hydrogens (tertiary/aromatic N) is 2. The molecule has 2 rings (SSSR count). The second-order valence-electron chi connectivity index (χ2n) is 5.73. The summed E-state index contributed by atoms with van der Waals surface area (Å²) in [6.45, 7) is 3.30. The molecule has 0 bridgehead atoms. The second kappa shape index (κ2) is 9.98. The third-order valence-corrected chi connectivity index (χ3v) is 4.18. The molecule has 7 heteroatoms. The van der Waals surface area contributed by atoms with E-state index in [0.717, 1.165) is 31.7 Å². The molecule has 0 aromatic heterocycles. The number of hydrogen-bond donors (Lipinski definition) is 1. The van der Waals surface area contributed by atoms with E-state index in [4.69, 9.17) is 22.1 Å². The van der Waals surface area contributed by atoms with Crippen LogP contribution in [0.1, 0.15) is 12.8 Å². The minimum Gasteiger partial charge on any atom is -0.492 e. The first-order chi connectivity index (χ1) is 10.5. The number of rotatable bonds is 6. The number of likely N-dealkylation sites (tertiary alicyclic amines) is 1. The first kappa shape index (κ1) is 20.0. The van der Waals surface area contributed by atoms with E-state index in [1.54, 1.807) is 17.0 Å². The van der Waals surface area contributed by atoms with E-state index in [9.17, 15) is 4.79 Å². The lowest BCUT2D eigenvalue weighted by molar-refractivity contribution is -0.131. The van der Waals surface area contributed by atoms with Crippen molar-refractivity contribution in [2.75, 3.05) is 39.8 Å². The summed E-state index contributed by atoms with van der Waals surface area (Å²) in [5.41, 5.74) is 5.87. The summed E-state index contributed by atoms with van der Waals surface area (Å²) in [5, 5.41) is 0.681. The normalized spacial score (nSPS) is 15.8. The van der Waals surface area contributed by atoms with E-state index in [1.165, 1.54) is 0 Å². The van der Waals surface area contributed by atoms with Gasteiger partial charge in [0.05, 0.1) is 13.1 Å². The molecular formula is C16H25Cl2N3O2. The van der Waals surface area contributed by atoms with Crippen molar-refractivity contribution in [3.63, 3.8) is 0 Å². The van der Waals surface area contributed by atoms with Crippen molar-refractivity contribution in [3.8, 4) is 5.75 Å². The lowest BCUT2D eigenvalue weighted by Crippen LogP contribution is -2.45. The average molecular weight is 362 g/mol. The zero-order chi connectivity index (χ0) is 15.9. The van der Waals surface area contributed by atoms with Gasteiger partial charge in [0, 0.05) is 31.2 Å². The molecular weight excluding hydrogens is 337 g/mol. The van der Waals surface area contributed by atoms with Crippen LogP contribution in [0.3, 0.4) is 0 Å². The smallest absolute Gasteiger partial charge is 0.236 e. The number of carbonyl (C=O) groups is 1. The maximum absolute atomic E-state index is 12.2. The molecule has 1 amide bonds. The van der Waals surface area contributed by atoms with E-state index in [2.05, 4.69) is 4.90 Å². The maximum Gasteiger partial charge on any atom is 0.236 e. The predicted octanol–water partition coefficient (Wildman–Crippen LogP) is 2.02. The van der Waals surface area contributed by atoms with Gasteiger partial charge in [0.25, 0.3) is 0 Å². The molecule has 1 heterocycles. The van der Waals surface area contributed by atoms with Gasteiger partial charge in [-0.2, -0.15) is 0 Å². The van der Waals surface area contributed by atoms with E-state index in [1.807, 2.05) is 19.2 Å². The SMILES string of the molecule is CN(CCOc1ccc(Cl)cc1)C(=O)CN1CCC(N)CC1.Cl. The van der Waals surface area contributed by atoms with Crippen LogP contribution in [-0.2, 0) is 4.79 Å². The predicted molar refractivity (Wildman–Crippen MR) is 95.5 cm³/mol.